The predicted molar refractivity (Wildman–Crippen MR) is 75.7 cm³/mol. The molecule has 1 aromatic carbocycles. The van der Waals surface area contributed by atoms with Crippen molar-refractivity contribution in [1.29, 1.82) is 0 Å². The van der Waals surface area contributed by atoms with E-state index in [0.717, 1.165) is 4.90 Å². The van der Waals surface area contributed by atoms with Crippen molar-refractivity contribution in [1.82, 2.24) is 10.6 Å². The molecule has 3 amide bonds. The van der Waals surface area contributed by atoms with Crippen molar-refractivity contribution in [2.45, 2.75) is 17.9 Å². The van der Waals surface area contributed by atoms with Gasteiger partial charge in [0, 0.05) is 11.9 Å². The van der Waals surface area contributed by atoms with Crippen molar-refractivity contribution in [3.8, 4) is 0 Å². The summed E-state index contributed by atoms with van der Waals surface area (Å²) in [5, 5.41) is 4.28. The highest BCUT2D eigenvalue weighted by Crippen LogP contribution is 2.20. The van der Waals surface area contributed by atoms with E-state index >= 15 is 0 Å². The number of carbonyl (C=O) groups excluding carboxylic acids is 3. The molecule has 1 rings (SSSR count). The topological polar surface area (TPSA) is 84.5 Å². The van der Waals surface area contributed by atoms with Crippen molar-refractivity contribution < 1.29 is 19.1 Å². The van der Waals surface area contributed by atoms with Crippen LogP contribution in [0.1, 0.15) is 17.3 Å². The molecule has 0 fully saturated rings. The Hall–Kier alpha value is -2.02. The summed E-state index contributed by atoms with van der Waals surface area (Å²) in [7, 11) is 1.38. The predicted octanol–water partition coefficient (Wildman–Crippen LogP) is 1.41. The molecule has 0 aliphatic rings. The van der Waals surface area contributed by atoms with Gasteiger partial charge in [-0.1, -0.05) is 12.1 Å². The average Bonchev–Trinajstić information content (AvgIpc) is 2.46. The van der Waals surface area contributed by atoms with Crippen LogP contribution in [0.3, 0.4) is 0 Å². The fourth-order valence-electron chi connectivity index (χ4n) is 1.37. The number of benzene rings is 1. The van der Waals surface area contributed by atoms with Crippen LogP contribution in [-0.2, 0) is 9.53 Å². The molecule has 2 N–H and O–H groups in total. The highest BCUT2D eigenvalue weighted by molar-refractivity contribution is 7.98. The Labute approximate surface area is 121 Å². The second-order valence-corrected chi connectivity index (χ2v) is 4.66. The number of hydrogen-bond donors (Lipinski definition) is 2. The number of hydrogen-bond acceptors (Lipinski definition) is 5. The van der Waals surface area contributed by atoms with Gasteiger partial charge in [0.05, 0.1) is 5.56 Å². The molecule has 0 aliphatic heterocycles. The van der Waals surface area contributed by atoms with Crippen LogP contribution >= 0.6 is 11.8 Å². The third-order valence-electron chi connectivity index (χ3n) is 2.44. The molecular weight excluding hydrogens is 280 g/mol. The van der Waals surface area contributed by atoms with E-state index in [1.54, 1.807) is 18.2 Å². The van der Waals surface area contributed by atoms with Gasteiger partial charge in [-0.05, 0) is 25.3 Å². The zero-order valence-corrected chi connectivity index (χ0v) is 12.2. The lowest BCUT2D eigenvalue weighted by molar-refractivity contribution is -0.127. The fourth-order valence-corrected chi connectivity index (χ4v) is 1.95. The number of carbonyl (C=O) groups is 3. The van der Waals surface area contributed by atoms with Crippen LogP contribution in [0.2, 0.25) is 0 Å². The molecule has 0 heterocycles. The summed E-state index contributed by atoms with van der Waals surface area (Å²) in [5.74, 6) is -1.28. The smallest absolute Gasteiger partial charge is 0.340 e. The SMILES string of the molecule is CNC(=O)NC(=O)C(C)OC(=O)c1ccccc1SC. The van der Waals surface area contributed by atoms with Gasteiger partial charge >= 0.3 is 12.0 Å². The summed E-state index contributed by atoms with van der Waals surface area (Å²) in [6.07, 6.45) is 0.781. The van der Waals surface area contributed by atoms with Crippen molar-refractivity contribution in [2.75, 3.05) is 13.3 Å². The number of esters is 1. The molecule has 0 aliphatic carbocycles. The third-order valence-corrected chi connectivity index (χ3v) is 3.24. The standard InChI is InChI=1S/C13H16N2O4S/c1-8(11(16)15-13(18)14-2)19-12(17)9-6-4-5-7-10(9)20-3/h4-8H,1-3H3,(H2,14,15,16,18). The normalized spacial score (nSPS) is 11.3. The van der Waals surface area contributed by atoms with Gasteiger partial charge in [-0.15, -0.1) is 11.8 Å². The first kappa shape index (κ1) is 16.0. The van der Waals surface area contributed by atoms with E-state index in [-0.39, 0.29) is 0 Å². The van der Waals surface area contributed by atoms with E-state index in [2.05, 4.69) is 5.32 Å². The molecule has 0 radical (unpaired) electrons. The number of ether oxygens (including phenoxy) is 1. The minimum atomic E-state index is -1.06. The van der Waals surface area contributed by atoms with Gasteiger partial charge in [-0.25, -0.2) is 9.59 Å². The molecule has 0 aromatic heterocycles. The number of urea groups is 1. The van der Waals surface area contributed by atoms with E-state index < -0.39 is 24.0 Å². The molecule has 0 spiro atoms. The molecule has 0 saturated carbocycles. The van der Waals surface area contributed by atoms with Crippen LogP contribution in [0.25, 0.3) is 0 Å². The Morgan fingerprint density at radius 3 is 2.50 bits per heavy atom. The van der Waals surface area contributed by atoms with Gasteiger partial charge in [0.2, 0.25) is 0 Å². The largest absolute Gasteiger partial charge is 0.449 e. The van der Waals surface area contributed by atoms with Crippen molar-refractivity contribution in [2.24, 2.45) is 0 Å². The molecule has 108 valence electrons. The molecule has 7 heteroatoms. The zero-order chi connectivity index (χ0) is 15.1. The first-order valence-electron chi connectivity index (χ1n) is 5.86. The number of nitrogens with one attached hydrogen (secondary N) is 2. The molecule has 6 nitrogen and oxygen atoms in total. The zero-order valence-electron chi connectivity index (χ0n) is 11.4. The van der Waals surface area contributed by atoms with Crippen molar-refractivity contribution in [3.63, 3.8) is 0 Å². The highest BCUT2D eigenvalue weighted by atomic mass is 32.2. The lowest BCUT2D eigenvalue weighted by atomic mass is 10.2. The summed E-state index contributed by atoms with van der Waals surface area (Å²) in [4.78, 5) is 35.3. The molecule has 0 bridgehead atoms. The van der Waals surface area contributed by atoms with Gasteiger partial charge in [0.1, 0.15) is 0 Å². The van der Waals surface area contributed by atoms with Gasteiger partial charge in [0.25, 0.3) is 5.91 Å². The van der Waals surface area contributed by atoms with Gasteiger partial charge in [-0.3, -0.25) is 10.1 Å². The maximum absolute atomic E-state index is 12.0. The molecule has 1 unspecified atom stereocenters. The summed E-state index contributed by atoms with van der Waals surface area (Å²) in [6.45, 7) is 1.40. The molecular formula is C13H16N2O4S. The van der Waals surface area contributed by atoms with E-state index in [4.69, 9.17) is 4.74 Å². The fraction of sp³-hybridized carbons (Fsp3) is 0.308. The minimum absolute atomic E-state index is 0.389. The number of amides is 3. The maximum atomic E-state index is 12.0. The highest BCUT2D eigenvalue weighted by Gasteiger charge is 2.21. The van der Waals surface area contributed by atoms with Gasteiger partial charge in [0.15, 0.2) is 6.10 Å². The quantitative estimate of drug-likeness (QED) is 0.648. The molecule has 0 saturated heterocycles. The van der Waals surface area contributed by atoms with E-state index in [1.807, 2.05) is 17.6 Å². The molecule has 20 heavy (non-hydrogen) atoms. The van der Waals surface area contributed by atoms with Crippen molar-refractivity contribution >= 4 is 29.7 Å². The number of imide groups is 1. The van der Waals surface area contributed by atoms with Gasteiger partial charge in [-0.2, -0.15) is 0 Å². The monoisotopic (exact) mass is 296 g/mol. The van der Waals surface area contributed by atoms with Crippen LogP contribution in [0, 0.1) is 0 Å². The van der Waals surface area contributed by atoms with Crippen LogP contribution in [-0.4, -0.2) is 37.3 Å². The summed E-state index contributed by atoms with van der Waals surface area (Å²) in [6, 6.07) is 6.28. The summed E-state index contributed by atoms with van der Waals surface area (Å²) in [5.41, 5.74) is 0.389. The Balaban J connectivity index is 2.70. The Kier molecular flexibility index (Phi) is 6.05. The summed E-state index contributed by atoms with van der Waals surface area (Å²) >= 11 is 1.41. The Bertz CT molecular complexity index is 519. The average molecular weight is 296 g/mol. The van der Waals surface area contributed by atoms with Crippen LogP contribution in [0.15, 0.2) is 29.2 Å². The lowest BCUT2D eigenvalue weighted by Crippen LogP contribution is -2.43. The second kappa shape index (κ2) is 7.54. The van der Waals surface area contributed by atoms with Crippen LogP contribution in [0.5, 0.6) is 0 Å². The van der Waals surface area contributed by atoms with E-state index in [1.165, 1.54) is 25.7 Å². The number of rotatable bonds is 4. The van der Waals surface area contributed by atoms with Crippen LogP contribution < -0.4 is 10.6 Å². The first-order valence-corrected chi connectivity index (χ1v) is 7.08. The Morgan fingerprint density at radius 1 is 1.25 bits per heavy atom. The Morgan fingerprint density at radius 2 is 1.90 bits per heavy atom. The second-order valence-electron chi connectivity index (χ2n) is 3.82. The van der Waals surface area contributed by atoms with Crippen molar-refractivity contribution in [3.05, 3.63) is 29.8 Å². The van der Waals surface area contributed by atoms with Gasteiger partial charge < -0.3 is 10.1 Å². The maximum Gasteiger partial charge on any atom is 0.340 e. The number of thioether (sulfide) groups is 1. The summed E-state index contributed by atoms with van der Waals surface area (Å²) < 4.78 is 5.04. The van der Waals surface area contributed by atoms with E-state index in [0.29, 0.717) is 5.56 Å². The molecule has 1 aromatic rings. The minimum Gasteiger partial charge on any atom is -0.449 e. The lowest BCUT2D eigenvalue weighted by Gasteiger charge is -2.13. The van der Waals surface area contributed by atoms with Crippen LogP contribution in [0.4, 0.5) is 4.79 Å². The molecule has 1 atom stereocenters. The van der Waals surface area contributed by atoms with E-state index in [9.17, 15) is 14.4 Å². The first-order chi connectivity index (χ1) is 9.49. The third kappa shape index (κ3) is 4.27.